The normalized spacial score (nSPS) is 19.0. The molecule has 1 atom stereocenters. The van der Waals surface area contributed by atoms with Gasteiger partial charge in [-0.05, 0) is 44.2 Å². The summed E-state index contributed by atoms with van der Waals surface area (Å²) in [4.78, 5) is 22.0. The summed E-state index contributed by atoms with van der Waals surface area (Å²) in [5.41, 5.74) is 2.39. The minimum atomic E-state index is -0.426. The van der Waals surface area contributed by atoms with E-state index in [4.69, 9.17) is 15.1 Å². The maximum atomic E-state index is 12.5. The molecular weight excluding hydrogens is 406 g/mol. The molecule has 1 aliphatic heterocycles. The van der Waals surface area contributed by atoms with Gasteiger partial charge in [0.25, 0.3) is 0 Å². The van der Waals surface area contributed by atoms with Gasteiger partial charge in [-0.2, -0.15) is 14.9 Å². The van der Waals surface area contributed by atoms with Gasteiger partial charge >= 0.3 is 0 Å². The van der Waals surface area contributed by atoms with Crippen LogP contribution in [-0.4, -0.2) is 47.9 Å². The number of nitrogens with zero attached hydrogens (tertiary/aromatic N) is 7. The highest BCUT2D eigenvalue weighted by atomic mass is 16.2. The van der Waals surface area contributed by atoms with E-state index in [1.807, 2.05) is 23.0 Å². The Kier molecular flexibility index (Phi) is 4.28. The van der Waals surface area contributed by atoms with Gasteiger partial charge in [0.15, 0.2) is 11.5 Å². The van der Waals surface area contributed by atoms with E-state index in [0.717, 1.165) is 36.6 Å². The van der Waals surface area contributed by atoms with Crippen molar-refractivity contribution < 1.29 is 4.79 Å². The molecule has 10 heteroatoms. The van der Waals surface area contributed by atoms with Crippen LogP contribution < -0.4 is 10.6 Å². The van der Waals surface area contributed by atoms with E-state index in [1.54, 1.807) is 16.8 Å². The molecule has 1 aliphatic carbocycles. The van der Waals surface area contributed by atoms with Gasteiger partial charge in [0.05, 0.1) is 28.9 Å². The number of aromatic nitrogens is 6. The first-order chi connectivity index (χ1) is 15.7. The fourth-order valence-corrected chi connectivity index (χ4v) is 4.16. The third kappa shape index (κ3) is 3.13. The summed E-state index contributed by atoms with van der Waals surface area (Å²) in [7, 11) is 0. The number of nitrogens with one attached hydrogen (secondary N) is 2. The molecule has 1 saturated heterocycles. The zero-order chi connectivity index (χ0) is 21.7. The first-order valence-electron chi connectivity index (χ1n) is 10.9. The van der Waals surface area contributed by atoms with Crippen LogP contribution in [0.3, 0.4) is 0 Å². The molecule has 10 nitrogen and oxygen atoms in total. The summed E-state index contributed by atoms with van der Waals surface area (Å²) >= 11 is 0. The standard InChI is InChI=1S/C22H21N9O/c23-10-13-4-3-5-16-18(13)27-22(26-17-6-1-2-9-24-21(17)32)31-20(16)28-19(29-31)14-11-25-30(12-14)15-7-8-15/h3-5,11-12,15,17H,1-2,6-9H2,(H,24,32)(H,26,27)/t17-/m1/s1. The van der Waals surface area contributed by atoms with Gasteiger partial charge in [0, 0.05) is 18.1 Å². The Morgan fingerprint density at radius 2 is 2.09 bits per heavy atom. The van der Waals surface area contributed by atoms with Crippen LogP contribution in [0.4, 0.5) is 5.95 Å². The molecule has 0 spiro atoms. The minimum Gasteiger partial charge on any atom is -0.354 e. The largest absolute Gasteiger partial charge is 0.354 e. The molecule has 6 rings (SSSR count). The Bertz CT molecular complexity index is 1390. The lowest BCUT2D eigenvalue weighted by Crippen LogP contribution is -2.38. The highest BCUT2D eigenvalue weighted by Crippen LogP contribution is 2.35. The van der Waals surface area contributed by atoms with E-state index in [1.165, 1.54) is 0 Å². The summed E-state index contributed by atoms with van der Waals surface area (Å²) in [6, 6.07) is 7.67. The Hall–Kier alpha value is -4.00. The lowest BCUT2D eigenvalue weighted by molar-refractivity contribution is -0.121. The summed E-state index contributed by atoms with van der Waals surface area (Å²) in [5, 5.41) is 25.7. The number of anilines is 1. The molecule has 3 aromatic heterocycles. The second-order valence-electron chi connectivity index (χ2n) is 8.34. The molecule has 2 aliphatic rings. The van der Waals surface area contributed by atoms with Crippen molar-refractivity contribution in [3.05, 3.63) is 36.2 Å². The van der Waals surface area contributed by atoms with Gasteiger partial charge in [0.1, 0.15) is 12.1 Å². The van der Waals surface area contributed by atoms with Crippen LogP contribution in [0.1, 0.15) is 43.7 Å². The molecule has 0 radical (unpaired) electrons. The van der Waals surface area contributed by atoms with Crippen LogP contribution in [0.2, 0.25) is 0 Å². The molecule has 32 heavy (non-hydrogen) atoms. The Morgan fingerprint density at radius 3 is 2.94 bits per heavy atom. The fraction of sp³-hybridized carbons (Fsp3) is 0.364. The van der Waals surface area contributed by atoms with Gasteiger partial charge in [-0.1, -0.05) is 6.07 Å². The lowest BCUT2D eigenvalue weighted by Gasteiger charge is -2.16. The van der Waals surface area contributed by atoms with Crippen molar-refractivity contribution in [1.82, 2.24) is 34.7 Å². The number of fused-ring (bicyclic) bond motifs is 3. The number of carbonyl (C=O) groups excluding carboxylic acids is 1. The van der Waals surface area contributed by atoms with E-state index in [2.05, 4.69) is 21.8 Å². The van der Waals surface area contributed by atoms with Crippen LogP contribution >= 0.6 is 0 Å². The van der Waals surface area contributed by atoms with Gasteiger partial charge in [0.2, 0.25) is 11.9 Å². The predicted molar refractivity (Wildman–Crippen MR) is 117 cm³/mol. The number of para-hydroxylation sites is 1. The molecule has 0 unspecified atom stereocenters. The second-order valence-corrected chi connectivity index (χ2v) is 8.34. The molecular formula is C22H21N9O. The van der Waals surface area contributed by atoms with Crippen molar-refractivity contribution >= 4 is 28.4 Å². The molecule has 160 valence electrons. The molecule has 1 saturated carbocycles. The van der Waals surface area contributed by atoms with Gasteiger partial charge < -0.3 is 10.6 Å². The van der Waals surface area contributed by atoms with E-state index in [-0.39, 0.29) is 5.91 Å². The molecule has 1 aromatic carbocycles. The maximum absolute atomic E-state index is 12.5. The molecule has 4 aromatic rings. The van der Waals surface area contributed by atoms with Crippen molar-refractivity contribution in [1.29, 1.82) is 5.26 Å². The highest BCUT2D eigenvalue weighted by molar-refractivity contribution is 5.96. The van der Waals surface area contributed by atoms with Crippen LogP contribution in [0.5, 0.6) is 0 Å². The van der Waals surface area contributed by atoms with Crippen LogP contribution in [-0.2, 0) is 4.79 Å². The maximum Gasteiger partial charge on any atom is 0.242 e. The smallest absolute Gasteiger partial charge is 0.242 e. The number of benzene rings is 1. The Morgan fingerprint density at radius 1 is 1.19 bits per heavy atom. The minimum absolute atomic E-state index is 0.0582. The summed E-state index contributed by atoms with van der Waals surface area (Å²) < 4.78 is 3.59. The SMILES string of the molecule is N#Cc1cccc2c1nc(N[C@@H]1CCCCNC1=O)n1nc(-c3cnn(C4CC4)c3)nc21. The second kappa shape index (κ2) is 7.30. The van der Waals surface area contributed by atoms with Crippen molar-refractivity contribution in [3.8, 4) is 17.5 Å². The molecule has 1 amide bonds. The van der Waals surface area contributed by atoms with E-state index in [9.17, 15) is 10.1 Å². The average Bonchev–Trinajstić information content (AvgIpc) is 3.42. The number of hydrogen-bond donors (Lipinski definition) is 2. The summed E-state index contributed by atoms with van der Waals surface area (Å²) in [6.45, 7) is 0.675. The average molecular weight is 427 g/mol. The fourth-order valence-electron chi connectivity index (χ4n) is 4.16. The van der Waals surface area contributed by atoms with Crippen LogP contribution in [0, 0.1) is 11.3 Å². The first kappa shape index (κ1) is 18.7. The van der Waals surface area contributed by atoms with Crippen molar-refractivity contribution in [2.45, 2.75) is 44.2 Å². The topological polar surface area (TPSA) is 126 Å². The van der Waals surface area contributed by atoms with E-state index in [0.29, 0.717) is 47.5 Å². The van der Waals surface area contributed by atoms with Crippen LogP contribution in [0.25, 0.3) is 27.9 Å². The van der Waals surface area contributed by atoms with E-state index < -0.39 is 6.04 Å². The van der Waals surface area contributed by atoms with Crippen molar-refractivity contribution in [2.75, 3.05) is 11.9 Å². The van der Waals surface area contributed by atoms with Gasteiger partial charge in [-0.15, -0.1) is 5.10 Å². The third-order valence-corrected chi connectivity index (χ3v) is 6.04. The lowest BCUT2D eigenvalue weighted by atomic mass is 10.1. The Balaban J connectivity index is 1.51. The van der Waals surface area contributed by atoms with Crippen LogP contribution in [0.15, 0.2) is 30.6 Å². The van der Waals surface area contributed by atoms with E-state index >= 15 is 0 Å². The zero-order valence-electron chi connectivity index (χ0n) is 17.3. The molecule has 2 fully saturated rings. The first-order valence-corrected chi connectivity index (χ1v) is 10.9. The monoisotopic (exact) mass is 427 g/mol. The Labute approximate surface area is 183 Å². The summed E-state index contributed by atoms with van der Waals surface area (Å²) in [5.74, 6) is 0.865. The number of hydrogen-bond acceptors (Lipinski definition) is 7. The van der Waals surface area contributed by atoms with Gasteiger partial charge in [-0.25, -0.2) is 9.97 Å². The highest BCUT2D eigenvalue weighted by Gasteiger charge is 2.26. The quantitative estimate of drug-likeness (QED) is 0.512. The number of carbonyl (C=O) groups is 1. The number of amides is 1. The zero-order valence-corrected chi connectivity index (χ0v) is 17.3. The van der Waals surface area contributed by atoms with Crippen molar-refractivity contribution in [2.24, 2.45) is 0 Å². The summed E-state index contributed by atoms with van der Waals surface area (Å²) in [6.07, 6.45) is 8.60. The molecule has 2 N–H and O–H groups in total. The molecule has 0 bridgehead atoms. The number of rotatable bonds is 4. The van der Waals surface area contributed by atoms with Crippen molar-refractivity contribution in [3.63, 3.8) is 0 Å². The molecule has 4 heterocycles. The van der Waals surface area contributed by atoms with Gasteiger partial charge in [-0.3, -0.25) is 9.48 Å². The third-order valence-electron chi connectivity index (χ3n) is 6.04. The number of nitriles is 1. The predicted octanol–water partition coefficient (Wildman–Crippen LogP) is 2.43.